The second-order valence-electron chi connectivity index (χ2n) is 6.59. The Hall–Kier alpha value is -3.19. The van der Waals surface area contributed by atoms with Gasteiger partial charge in [-0.25, -0.2) is 0 Å². The number of thiophene rings is 1. The van der Waals surface area contributed by atoms with Crippen LogP contribution in [0.3, 0.4) is 0 Å². The van der Waals surface area contributed by atoms with Crippen molar-refractivity contribution >= 4 is 28.8 Å². The highest BCUT2D eigenvalue weighted by atomic mass is 32.1. The van der Waals surface area contributed by atoms with E-state index in [9.17, 15) is 9.59 Å². The lowest BCUT2D eigenvalue weighted by molar-refractivity contribution is 0.0951. The summed E-state index contributed by atoms with van der Waals surface area (Å²) in [6, 6.07) is 10.7. The molecule has 2 amide bonds. The molecule has 2 heterocycles. The molecule has 0 saturated heterocycles. The van der Waals surface area contributed by atoms with Crippen molar-refractivity contribution < 1.29 is 14.3 Å². The number of hydrogen-bond donors (Lipinski definition) is 1. The average molecular weight is 410 g/mol. The van der Waals surface area contributed by atoms with Gasteiger partial charge < -0.3 is 15.0 Å². The average Bonchev–Trinajstić information content (AvgIpc) is 3.27. The molecule has 3 rings (SSSR count). The van der Waals surface area contributed by atoms with Gasteiger partial charge in [0.2, 0.25) is 0 Å². The molecule has 0 fully saturated rings. The molecule has 2 aromatic heterocycles. The molecule has 29 heavy (non-hydrogen) atoms. The van der Waals surface area contributed by atoms with E-state index in [1.165, 1.54) is 16.2 Å². The number of ether oxygens (including phenoxy) is 1. The van der Waals surface area contributed by atoms with Crippen molar-refractivity contribution in [1.29, 1.82) is 0 Å². The van der Waals surface area contributed by atoms with E-state index in [2.05, 4.69) is 10.3 Å². The Morgan fingerprint density at radius 2 is 1.93 bits per heavy atom. The summed E-state index contributed by atoms with van der Waals surface area (Å²) in [6.07, 6.45) is 1.73. The molecular formula is C22H23N3O3S. The number of benzene rings is 1. The SMILES string of the molecule is COc1c(C)cnc(CNC(=O)c2ccccc2N(C)C(=O)c2cccs2)c1C. The first kappa shape index (κ1) is 20.5. The van der Waals surface area contributed by atoms with Gasteiger partial charge in [-0.2, -0.15) is 0 Å². The number of carbonyl (C=O) groups excluding carboxylic acids is 2. The fourth-order valence-electron chi connectivity index (χ4n) is 3.14. The summed E-state index contributed by atoms with van der Waals surface area (Å²) in [5.74, 6) is 0.346. The predicted octanol–water partition coefficient (Wildman–Crippen LogP) is 3.98. The molecule has 0 radical (unpaired) electrons. The van der Waals surface area contributed by atoms with Crippen LogP contribution < -0.4 is 15.0 Å². The Morgan fingerprint density at radius 3 is 2.62 bits per heavy atom. The molecule has 6 nitrogen and oxygen atoms in total. The summed E-state index contributed by atoms with van der Waals surface area (Å²) < 4.78 is 5.42. The largest absolute Gasteiger partial charge is 0.496 e. The summed E-state index contributed by atoms with van der Waals surface area (Å²) in [7, 11) is 3.29. The molecular weight excluding hydrogens is 386 g/mol. The van der Waals surface area contributed by atoms with Gasteiger partial charge in [0.1, 0.15) is 5.75 Å². The number of aryl methyl sites for hydroxylation is 1. The number of anilines is 1. The molecule has 0 aliphatic heterocycles. The van der Waals surface area contributed by atoms with E-state index in [-0.39, 0.29) is 18.4 Å². The molecule has 0 atom stereocenters. The summed E-state index contributed by atoms with van der Waals surface area (Å²) in [4.78, 5) is 32.1. The van der Waals surface area contributed by atoms with Crippen molar-refractivity contribution in [3.05, 3.63) is 75.2 Å². The minimum atomic E-state index is -0.271. The van der Waals surface area contributed by atoms with Crippen LogP contribution >= 0.6 is 11.3 Å². The van der Waals surface area contributed by atoms with Crippen LogP contribution in [0.1, 0.15) is 36.9 Å². The smallest absolute Gasteiger partial charge is 0.268 e. The van der Waals surface area contributed by atoms with Crippen LogP contribution in [0.2, 0.25) is 0 Å². The summed E-state index contributed by atoms with van der Waals surface area (Å²) in [5.41, 5.74) is 3.55. The standard InChI is InChI=1S/C22H23N3O3S/c1-14-12-23-17(15(2)20(14)28-4)13-24-21(26)16-8-5-6-9-18(16)25(3)22(27)19-10-7-11-29-19/h5-12H,13H2,1-4H3,(H,24,26). The zero-order valence-electron chi connectivity index (χ0n) is 16.9. The summed E-state index contributed by atoms with van der Waals surface area (Å²) >= 11 is 1.37. The minimum Gasteiger partial charge on any atom is -0.496 e. The molecule has 0 unspecified atom stereocenters. The van der Waals surface area contributed by atoms with Crippen molar-refractivity contribution in [2.75, 3.05) is 19.1 Å². The van der Waals surface area contributed by atoms with Crippen LogP contribution in [0.4, 0.5) is 5.69 Å². The van der Waals surface area contributed by atoms with Crippen LogP contribution in [0.25, 0.3) is 0 Å². The first-order valence-corrected chi connectivity index (χ1v) is 9.99. The lowest BCUT2D eigenvalue weighted by atomic mass is 10.1. The second-order valence-corrected chi connectivity index (χ2v) is 7.54. The summed E-state index contributed by atoms with van der Waals surface area (Å²) in [6.45, 7) is 4.11. The Labute approximate surface area is 174 Å². The van der Waals surface area contributed by atoms with Crippen molar-refractivity contribution in [1.82, 2.24) is 10.3 Å². The number of carbonyl (C=O) groups is 2. The van der Waals surface area contributed by atoms with Gasteiger partial charge in [-0.05, 0) is 37.4 Å². The summed E-state index contributed by atoms with van der Waals surface area (Å²) in [5, 5.41) is 4.76. The van der Waals surface area contributed by atoms with E-state index >= 15 is 0 Å². The zero-order chi connectivity index (χ0) is 21.0. The lowest BCUT2D eigenvalue weighted by Crippen LogP contribution is -2.30. The number of para-hydroxylation sites is 1. The predicted molar refractivity (Wildman–Crippen MR) is 115 cm³/mol. The highest BCUT2D eigenvalue weighted by molar-refractivity contribution is 7.12. The third-order valence-electron chi connectivity index (χ3n) is 4.71. The number of rotatable bonds is 6. The lowest BCUT2D eigenvalue weighted by Gasteiger charge is -2.20. The molecule has 150 valence electrons. The van der Waals surface area contributed by atoms with Crippen molar-refractivity contribution in [3.8, 4) is 5.75 Å². The van der Waals surface area contributed by atoms with Gasteiger partial charge in [0.15, 0.2) is 0 Å². The molecule has 0 spiro atoms. The van der Waals surface area contributed by atoms with Crippen LogP contribution in [-0.4, -0.2) is 31.0 Å². The highest BCUT2D eigenvalue weighted by Gasteiger charge is 2.20. The van der Waals surface area contributed by atoms with Gasteiger partial charge >= 0.3 is 0 Å². The molecule has 0 saturated carbocycles. The molecule has 0 bridgehead atoms. The van der Waals surface area contributed by atoms with Crippen molar-refractivity contribution in [2.24, 2.45) is 0 Å². The van der Waals surface area contributed by atoms with Gasteiger partial charge in [0, 0.05) is 24.4 Å². The number of nitrogens with one attached hydrogen (secondary N) is 1. The molecule has 3 aromatic rings. The fraction of sp³-hybridized carbons (Fsp3) is 0.227. The normalized spacial score (nSPS) is 10.5. The van der Waals surface area contributed by atoms with Crippen molar-refractivity contribution in [3.63, 3.8) is 0 Å². The van der Waals surface area contributed by atoms with E-state index in [1.807, 2.05) is 25.3 Å². The maximum Gasteiger partial charge on any atom is 0.268 e. The maximum atomic E-state index is 12.9. The maximum absolute atomic E-state index is 12.9. The molecule has 7 heteroatoms. The van der Waals surface area contributed by atoms with Gasteiger partial charge in [-0.3, -0.25) is 14.6 Å². The van der Waals surface area contributed by atoms with E-state index in [1.54, 1.807) is 50.7 Å². The molecule has 0 aliphatic carbocycles. The number of aromatic nitrogens is 1. The van der Waals surface area contributed by atoms with Gasteiger partial charge in [0.25, 0.3) is 11.8 Å². The first-order valence-electron chi connectivity index (χ1n) is 9.12. The Balaban J connectivity index is 1.80. The minimum absolute atomic E-state index is 0.152. The van der Waals surface area contributed by atoms with Crippen LogP contribution in [0, 0.1) is 13.8 Å². The first-order chi connectivity index (χ1) is 13.9. The second kappa shape index (κ2) is 8.87. The number of nitrogens with zero attached hydrogens (tertiary/aromatic N) is 2. The van der Waals surface area contributed by atoms with Crippen LogP contribution in [0.15, 0.2) is 48.0 Å². The third kappa shape index (κ3) is 4.30. The number of amides is 2. The van der Waals surface area contributed by atoms with E-state index in [0.29, 0.717) is 16.1 Å². The Kier molecular flexibility index (Phi) is 6.29. The van der Waals surface area contributed by atoms with Crippen molar-refractivity contribution in [2.45, 2.75) is 20.4 Å². The highest BCUT2D eigenvalue weighted by Crippen LogP contribution is 2.25. The van der Waals surface area contributed by atoms with E-state index in [0.717, 1.165) is 22.6 Å². The van der Waals surface area contributed by atoms with E-state index < -0.39 is 0 Å². The monoisotopic (exact) mass is 409 g/mol. The van der Waals surface area contributed by atoms with Crippen LogP contribution in [-0.2, 0) is 6.54 Å². The van der Waals surface area contributed by atoms with Gasteiger partial charge in [-0.15, -0.1) is 11.3 Å². The van der Waals surface area contributed by atoms with Gasteiger partial charge in [-0.1, -0.05) is 18.2 Å². The fourth-order valence-corrected chi connectivity index (χ4v) is 3.84. The Morgan fingerprint density at radius 1 is 1.17 bits per heavy atom. The topological polar surface area (TPSA) is 71.5 Å². The Bertz CT molecular complexity index is 1030. The quantitative estimate of drug-likeness (QED) is 0.669. The molecule has 0 aliphatic rings. The number of pyridine rings is 1. The number of hydrogen-bond acceptors (Lipinski definition) is 5. The zero-order valence-corrected chi connectivity index (χ0v) is 17.7. The van der Waals surface area contributed by atoms with Crippen LogP contribution in [0.5, 0.6) is 5.75 Å². The van der Waals surface area contributed by atoms with E-state index in [4.69, 9.17) is 4.74 Å². The third-order valence-corrected chi connectivity index (χ3v) is 5.57. The number of methoxy groups -OCH3 is 1. The van der Waals surface area contributed by atoms with Gasteiger partial charge in [0.05, 0.1) is 35.5 Å². The molecule has 1 aromatic carbocycles. The molecule has 1 N–H and O–H groups in total.